The third kappa shape index (κ3) is 5.17. The number of carbonyl (C=O) groups is 1. The van der Waals surface area contributed by atoms with E-state index in [0.717, 1.165) is 16.7 Å². The number of carbonyl (C=O) groups excluding carboxylic acids is 1. The molecule has 2 rings (SSSR count). The van der Waals surface area contributed by atoms with Crippen LogP contribution in [0.4, 0.5) is 11.4 Å². The number of nitrogens with one attached hydrogen (secondary N) is 2. The molecule has 0 bridgehead atoms. The lowest BCUT2D eigenvalue weighted by Gasteiger charge is -2.12. The maximum atomic E-state index is 12.4. The Bertz CT molecular complexity index is 1030. The molecule has 140 valence electrons. The van der Waals surface area contributed by atoms with Crippen LogP contribution in [0.15, 0.2) is 53.1 Å². The van der Waals surface area contributed by atoms with E-state index in [2.05, 4.69) is 10.6 Å². The van der Waals surface area contributed by atoms with E-state index in [0.29, 0.717) is 11.4 Å². The van der Waals surface area contributed by atoms with Crippen molar-refractivity contribution in [1.29, 1.82) is 5.26 Å². The summed E-state index contributed by atoms with van der Waals surface area (Å²) < 4.78 is 22.5. The fourth-order valence-electron chi connectivity index (χ4n) is 2.60. The molecule has 0 atom stereocenters. The monoisotopic (exact) mass is 384 g/mol. The van der Waals surface area contributed by atoms with Crippen LogP contribution in [0.2, 0.25) is 0 Å². The van der Waals surface area contributed by atoms with Gasteiger partial charge < -0.3 is 10.6 Å². The molecule has 1 amide bonds. The van der Waals surface area contributed by atoms with Gasteiger partial charge in [0.15, 0.2) is 0 Å². The van der Waals surface area contributed by atoms with Crippen LogP contribution in [0.25, 0.3) is 0 Å². The topological polar surface area (TPSA) is 125 Å². The van der Waals surface area contributed by atoms with E-state index in [-0.39, 0.29) is 10.5 Å². The van der Waals surface area contributed by atoms with E-state index in [9.17, 15) is 18.5 Å². The second kappa shape index (κ2) is 8.03. The number of nitriles is 1. The zero-order valence-electron chi connectivity index (χ0n) is 15.2. The van der Waals surface area contributed by atoms with Crippen molar-refractivity contribution in [2.75, 3.05) is 10.6 Å². The van der Waals surface area contributed by atoms with Gasteiger partial charge in [0.1, 0.15) is 11.6 Å². The van der Waals surface area contributed by atoms with Crippen LogP contribution < -0.4 is 15.8 Å². The van der Waals surface area contributed by atoms with Crippen molar-refractivity contribution in [3.05, 3.63) is 64.9 Å². The number of hydrogen-bond acceptors (Lipinski definition) is 5. The minimum atomic E-state index is -3.77. The van der Waals surface area contributed by atoms with Gasteiger partial charge in [0.25, 0.3) is 5.91 Å². The predicted octanol–water partition coefficient (Wildman–Crippen LogP) is 2.72. The van der Waals surface area contributed by atoms with E-state index >= 15 is 0 Å². The molecule has 8 heteroatoms. The predicted molar refractivity (Wildman–Crippen MR) is 104 cm³/mol. The number of rotatable bonds is 5. The number of hydrogen-bond donors (Lipinski definition) is 3. The lowest BCUT2D eigenvalue weighted by molar-refractivity contribution is -0.112. The van der Waals surface area contributed by atoms with E-state index in [4.69, 9.17) is 5.14 Å². The van der Waals surface area contributed by atoms with Crippen molar-refractivity contribution in [1.82, 2.24) is 0 Å². The number of primary sulfonamides is 1. The Balaban J connectivity index is 2.17. The first kappa shape index (κ1) is 20.2. The Morgan fingerprint density at radius 1 is 1.11 bits per heavy atom. The standard InChI is InChI=1S/C19H20N4O3S/c1-12-8-13(2)18(14(3)9-12)23-19(24)15(10-20)11-22-16-4-6-17(7-5-16)27(21,25)26/h4-9,11,22H,1-3H3,(H,23,24)(H2,21,25,26)/b15-11-. The zero-order chi connectivity index (χ0) is 20.2. The number of aryl methyl sites for hydroxylation is 3. The number of anilines is 2. The molecule has 0 aliphatic rings. The fourth-order valence-corrected chi connectivity index (χ4v) is 3.12. The molecule has 2 aromatic carbocycles. The maximum absolute atomic E-state index is 12.4. The first-order valence-electron chi connectivity index (χ1n) is 8.00. The summed E-state index contributed by atoms with van der Waals surface area (Å²) in [7, 11) is -3.77. The SMILES string of the molecule is Cc1cc(C)c(NC(=O)/C(C#N)=C\Nc2ccc(S(N)(=O)=O)cc2)c(C)c1. The second-order valence-corrected chi connectivity index (χ2v) is 7.67. The molecular weight excluding hydrogens is 364 g/mol. The largest absolute Gasteiger partial charge is 0.360 e. The molecule has 7 nitrogen and oxygen atoms in total. The van der Waals surface area contributed by atoms with Gasteiger partial charge in [-0.3, -0.25) is 4.79 Å². The summed E-state index contributed by atoms with van der Waals surface area (Å²) in [4.78, 5) is 12.4. The Hall–Kier alpha value is -3.15. The first-order valence-corrected chi connectivity index (χ1v) is 9.55. The molecule has 0 radical (unpaired) electrons. The smallest absolute Gasteiger partial charge is 0.267 e. The quantitative estimate of drug-likeness (QED) is 0.540. The Morgan fingerprint density at radius 3 is 2.15 bits per heavy atom. The van der Waals surface area contributed by atoms with Gasteiger partial charge in [-0.2, -0.15) is 5.26 Å². The lowest BCUT2D eigenvalue weighted by atomic mass is 10.0. The van der Waals surface area contributed by atoms with Gasteiger partial charge in [-0.1, -0.05) is 17.7 Å². The van der Waals surface area contributed by atoms with Crippen molar-refractivity contribution in [2.45, 2.75) is 25.7 Å². The van der Waals surface area contributed by atoms with E-state index < -0.39 is 15.9 Å². The van der Waals surface area contributed by atoms with Crippen molar-refractivity contribution in [2.24, 2.45) is 5.14 Å². The Kier molecular flexibility index (Phi) is 6.00. The molecule has 0 heterocycles. The average Bonchev–Trinajstić information content (AvgIpc) is 2.58. The maximum Gasteiger partial charge on any atom is 0.267 e. The van der Waals surface area contributed by atoms with E-state index in [1.165, 1.54) is 30.5 Å². The van der Waals surface area contributed by atoms with Crippen LogP contribution in [0.3, 0.4) is 0 Å². The van der Waals surface area contributed by atoms with E-state index in [1.807, 2.05) is 39.0 Å². The molecule has 4 N–H and O–H groups in total. The van der Waals surface area contributed by atoms with Crippen LogP contribution in [-0.2, 0) is 14.8 Å². The van der Waals surface area contributed by atoms with Crippen molar-refractivity contribution in [3.8, 4) is 6.07 Å². The van der Waals surface area contributed by atoms with Crippen molar-refractivity contribution in [3.63, 3.8) is 0 Å². The molecule has 0 saturated heterocycles. The van der Waals surface area contributed by atoms with Gasteiger partial charge in [0, 0.05) is 17.6 Å². The summed E-state index contributed by atoms with van der Waals surface area (Å²) in [5, 5.41) is 19.9. The molecule has 2 aromatic rings. The van der Waals surface area contributed by atoms with Crippen molar-refractivity contribution < 1.29 is 13.2 Å². The number of benzene rings is 2. The van der Waals surface area contributed by atoms with Crippen LogP contribution in [-0.4, -0.2) is 14.3 Å². The van der Waals surface area contributed by atoms with Gasteiger partial charge in [-0.15, -0.1) is 0 Å². The van der Waals surface area contributed by atoms with E-state index in [1.54, 1.807) is 0 Å². The van der Waals surface area contributed by atoms with Crippen LogP contribution in [0.5, 0.6) is 0 Å². The van der Waals surface area contributed by atoms with Gasteiger partial charge >= 0.3 is 0 Å². The van der Waals surface area contributed by atoms with Gasteiger partial charge in [0.05, 0.1) is 4.90 Å². The molecule has 0 aliphatic heterocycles. The minimum Gasteiger partial charge on any atom is -0.360 e. The Labute approximate surface area is 158 Å². The lowest BCUT2D eigenvalue weighted by Crippen LogP contribution is -2.16. The number of nitrogens with two attached hydrogens (primary N) is 1. The molecule has 0 spiro atoms. The molecule has 27 heavy (non-hydrogen) atoms. The van der Waals surface area contributed by atoms with Crippen LogP contribution in [0.1, 0.15) is 16.7 Å². The third-order valence-electron chi connectivity index (χ3n) is 3.85. The molecule has 0 aliphatic carbocycles. The number of nitrogens with zero attached hydrogens (tertiary/aromatic N) is 1. The average molecular weight is 384 g/mol. The summed E-state index contributed by atoms with van der Waals surface area (Å²) in [6, 6.07) is 11.4. The summed E-state index contributed by atoms with van der Waals surface area (Å²) in [6.07, 6.45) is 1.26. The Morgan fingerprint density at radius 2 is 1.67 bits per heavy atom. The molecule has 0 fully saturated rings. The highest BCUT2D eigenvalue weighted by molar-refractivity contribution is 7.89. The number of sulfonamides is 1. The van der Waals surface area contributed by atoms with Gasteiger partial charge in [0.2, 0.25) is 10.0 Å². The molecule has 0 unspecified atom stereocenters. The van der Waals surface area contributed by atoms with Gasteiger partial charge in [-0.25, -0.2) is 13.6 Å². The highest BCUT2D eigenvalue weighted by atomic mass is 32.2. The van der Waals surface area contributed by atoms with Gasteiger partial charge in [-0.05, 0) is 56.2 Å². The highest BCUT2D eigenvalue weighted by Crippen LogP contribution is 2.22. The highest BCUT2D eigenvalue weighted by Gasteiger charge is 2.13. The summed E-state index contributed by atoms with van der Waals surface area (Å²) in [6.45, 7) is 5.74. The first-order chi connectivity index (χ1) is 12.6. The molecule has 0 saturated carbocycles. The second-order valence-electron chi connectivity index (χ2n) is 6.11. The molecule has 0 aromatic heterocycles. The molecular formula is C19H20N4O3S. The fraction of sp³-hybridized carbons (Fsp3) is 0.158. The summed E-state index contributed by atoms with van der Waals surface area (Å²) in [5.41, 5.74) is 3.96. The third-order valence-corrected chi connectivity index (χ3v) is 4.78. The summed E-state index contributed by atoms with van der Waals surface area (Å²) in [5.74, 6) is -0.541. The zero-order valence-corrected chi connectivity index (χ0v) is 16.0. The normalized spacial score (nSPS) is 11.6. The van der Waals surface area contributed by atoms with Crippen molar-refractivity contribution >= 4 is 27.3 Å². The van der Waals surface area contributed by atoms with Crippen LogP contribution in [0, 0.1) is 32.1 Å². The minimum absolute atomic E-state index is 0.0272. The van der Waals surface area contributed by atoms with Crippen LogP contribution >= 0.6 is 0 Å². The summed E-state index contributed by atoms with van der Waals surface area (Å²) >= 11 is 0. The number of amides is 1.